The Balaban J connectivity index is 2.47. The molecule has 0 aliphatic carbocycles. The van der Waals surface area contributed by atoms with Crippen molar-refractivity contribution in [2.24, 2.45) is 0 Å². The van der Waals surface area contributed by atoms with Crippen LogP contribution < -0.4 is 4.72 Å². The summed E-state index contributed by atoms with van der Waals surface area (Å²) in [4.78, 5) is 0. The predicted molar refractivity (Wildman–Crippen MR) is 42.8 cm³/mol. The van der Waals surface area contributed by atoms with Gasteiger partial charge < -0.3 is 4.72 Å². The Bertz CT molecular complexity index is 158. The quantitative estimate of drug-likeness (QED) is 0.465. The molecule has 0 aromatic rings. The molecule has 0 fully saturated rings. The Morgan fingerprint density at radius 3 is 3.22 bits per heavy atom. The molecular weight excluding hydrogens is 130 g/mol. The highest BCUT2D eigenvalue weighted by atomic mass is 32.2. The summed E-state index contributed by atoms with van der Waals surface area (Å²) in [6.45, 7) is 3.65. The number of hydrogen-bond donors (Lipinski definition) is 1. The molecule has 1 heterocycles. The fourth-order valence-corrected chi connectivity index (χ4v) is 1.15. The van der Waals surface area contributed by atoms with Crippen molar-refractivity contribution >= 4 is 11.9 Å². The summed E-state index contributed by atoms with van der Waals surface area (Å²) in [7, 11) is 0. The summed E-state index contributed by atoms with van der Waals surface area (Å²) < 4.78 is 3.04. The molecule has 2 heteroatoms. The van der Waals surface area contributed by atoms with Gasteiger partial charge in [0.05, 0.1) is 0 Å². The maximum atomic E-state index is 3.65. The molecule has 1 aliphatic heterocycles. The average molecular weight is 139 g/mol. The third-order valence-corrected chi connectivity index (χ3v) is 1.57. The van der Waals surface area contributed by atoms with E-state index in [1.807, 2.05) is 17.7 Å². The second-order valence-electron chi connectivity index (χ2n) is 1.75. The molecule has 1 rings (SSSR count). The fraction of sp³-hybridized carbons (Fsp3) is 0.143. The largest absolute Gasteiger partial charge is 0.333 e. The Kier molecular flexibility index (Phi) is 2.46. The highest BCUT2D eigenvalue weighted by Crippen LogP contribution is 2.11. The maximum absolute atomic E-state index is 3.65. The molecule has 1 aliphatic rings. The van der Waals surface area contributed by atoms with Crippen molar-refractivity contribution in [2.45, 2.75) is 6.42 Å². The molecule has 48 valence electrons. The third-order valence-electron chi connectivity index (χ3n) is 1.04. The van der Waals surface area contributed by atoms with Crippen molar-refractivity contribution in [1.82, 2.24) is 4.72 Å². The van der Waals surface area contributed by atoms with Crippen LogP contribution in [0.25, 0.3) is 0 Å². The van der Waals surface area contributed by atoms with Gasteiger partial charge in [-0.05, 0) is 35.4 Å². The van der Waals surface area contributed by atoms with Crippen LogP contribution in [-0.2, 0) is 0 Å². The molecule has 9 heavy (non-hydrogen) atoms. The van der Waals surface area contributed by atoms with Crippen molar-refractivity contribution < 1.29 is 0 Å². The lowest BCUT2D eigenvalue weighted by Gasteiger charge is -2.03. The summed E-state index contributed by atoms with van der Waals surface area (Å²) in [6.07, 6.45) is 6.92. The van der Waals surface area contributed by atoms with Crippen LogP contribution in [0.3, 0.4) is 0 Å². The van der Waals surface area contributed by atoms with E-state index in [9.17, 15) is 0 Å². The highest BCUT2D eigenvalue weighted by molar-refractivity contribution is 8.00. The average Bonchev–Trinajstić information content (AvgIpc) is 1.91. The third kappa shape index (κ3) is 1.98. The van der Waals surface area contributed by atoms with Crippen LogP contribution in [0.15, 0.2) is 35.9 Å². The topological polar surface area (TPSA) is 12.0 Å². The van der Waals surface area contributed by atoms with Crippen LogP contribution in [0.4, 0.5) is 0 Å². The predicted octanol–water partition coefficient (Wildman–Crippen LogP) is 2.21. The summed E-state index contributed by atoms with van der Waals surface area (Å²) in [5.41, 5.74) is 1.28. The molecule has 0 atom stereocenters. The minimum absolute atomic E-state index is 0.948. The monoisotopic (exact) mass is 139 g/mol. The van der Waals surface area contributed by atoms with Crippen LogP contribution in [0, 0.1) is 0 Å². The van der Waals surface area contributed by atoms with Gasteiger partial charge in [-0.1, -0.05) is 6.08 Å². The van der Waals surface area contributed by atoms with Crippen molar-refractivity contribution in [1.29, 1.82) is 0 Å². The van der Waals surface area contributed by atoms with E-state index in [0.717, 1.165) is 6.42 Å². The van der Waals surface area contributed by atoms with E-state index in [1.54, 1.807) is 11.9 Å². The fourth-order valence-electron chi connectivity index (χ4n) is 0.612. The Morgan fingerprint density at radius 2 is 2.67 bits per heavy atom. The summed E-state index contributed by atoms with van der Waals surface area (Å²) in [6, 6.07) is 0. The first-order chi connectivity index (χ1) is 4.43. The van der Waals surface area contributed by atoms with E-state index in [2.05, 4.69) is 17.4 Å². The van der Waals surface area contributed by atoms with Crippen LogP contribution in [0.5, 0.6) is 0 Å². The molecule has 0 saturated heterocycles. The lowest BCUT2D eigenvalue weighted by molar-refractivity contribution is 1.23. The molecule has 1 nitrogen and oxygen atoms in total. The van der Waals surface area contributed by atoms with Gasteiger partial charge in [0, 0.05) is 6.20 Å². The minimum atomic E-state index is 0.948. The molecular formula is C7H9NS. The van der Waals surface area contributed by atoms with Crippen molar-refractivity contribution in [3.8, 4) is 0 Å². The molecule has 0 saturated carbocycles. The smallest absolute Gasteiger partial charge is 0.0111 e. The maximum Gasteiger partial charge on any atom is 0.0111 e. The first-order valence-corrected chi connectivity index (χ1v) is 3.69. The van der Waals surface area contributed by atoms with Gasteiger partial charge in [-0.2, -0.15) is 0 Å². The van der Waals surface area contributed by atoms with E-state index in [0.29, 0.717) is 0 Å². The number of rotatable bonds is 2. The van der Waals surface area contributed by atoms with E-state index < -0.39 is 0 Å². The van der Waals surface area contributed by atoms with E-state index in [1.165, 1.54) is 5.57 Å². The lowest BCUT2D eigenvalue weighted by Crippen LogP contribution is -1.94. The van der Waals surface area contributed by atoms with Gasteiger partial charge in [-0.25, -0.2) is 0 Å². The molecule has 0 aromatic carbocycles. The standard InChI is InChI=1S/C7H9NS/c1-2-3-7-4-5-9-8-6-7/h2,4-6,8H,1,3H2. The molecule has 0 amide bonds. The van der Waals surface area contributed by atoms with E-state index in [4.69, 9.17) is 0 Å². The zero-order chi connectivity index (χ0) is 6.53. The number of allylic oxidation sites excluding steroid dienone is 3. The van der Waals surface area contributed by atoms with Crippen LogP contribution >= 0.6 is 11.9 Å². The molecule has 0 bridgehead atoms. The van der Waals surface area contributed by atoms with Gasteiger partial charge in [0.2, 0.25) is 0 Å². The van der Waals surface area contributed by atoms with Gasteiger partial charge >= 0.3 is 0 Å². The number of hydrogen-bond acceptors (Lipinski definition) is 2. The number of nitrogens with one attached hydrogen (secondary N) is 1. The highest BCUT2D eigenvalue weighted by Gasteiger charge is 1.91. The van der Waals surface area contributed by atoms with Gasteiger partial charge in [-0.3, -0.25) is 0 Å². The molecule has 0 radical (unpaired) electrons. The second kappa shape index (κ2) is 3.41. The first-order valence-electron chi connectivity index (χ1n) is 2.81. The van der Waals surface area contributed by atoms with Crippen LogP contribution in [0.1, 0.15) is 6.42 Å². The second-order valence-corrected chi connectivity index (χ2v) is 2.49. The summed E-state index contributed by atoms with van der Waals surface area (Å²) in [5.74, 6) is 0. The van der Waals surface area contributed by atoms with Crippen LogP contribution in [0.2, 0.25) is 0 Å². The normalized spacial score (nSPS) is 16.2. The van der Waals surface area contributed by atoms with Gasteiger partial charge in [0.15, 0.2) is 0 Å². The Morgan fingerprint density at radius 1 is 1.78 bits per heavy atom. The molecule has 0 aromatic heterocycles. The first kappa shape index (κ1) is 6.49. The van der Waals surface area contributed by atoms with Crippen molar-refractivity contribution in [3.05, 3.63) is 35.9 Å². The van der Waals surface area contributed by atoms with E-state index >= 15 is 0 Å². The Hall–Kier alpha value is -0.630. The zero-order valence-electron chi connectivity index (χ0n) is 5.13. The lowest BCUT2D eigenvalue weighted by atomic mass is 10.2. The Labute approximate surface area is 59.7 Å². The van der Waals surface area contributed by atoms with Gasteiger partial charge in [-0.15, -0.1) is 6.58 Å². The van der Waals surface area contributed by atoms with Crippen LogP contribution in [-0.4, -0.2) is 0 Å². The van der Waals surface area contributed by atoms with E-state index in [-0.39, 0.29) is 0 Å². The van der Waals surface area contributed by atoms with Crippen molar-refractivity contribution in [3.63, 3.8) is 0 Å². The molecule has 0 spiro atoms. The molecule has 0 unspecified atom stereocenters. The van der Waals surface area contributed by atoms with Gasteiger partial charge in [0.25, 0.3) is 0 Å². The van der Waals surface area contributed by atoms with Crippen molar-refractivity contribution in [2.75, 3.05) is 0 Å². The zero-order valence-corrected chi connectivity index (χ0v) is 5.95. The SMILES string of the molecule is C=CCC1=CNSC=C1. The van der Waals surface area contributed by atoms with Gasteiger partial charge in [0.1, 0.15) is 0 Å². The minimum Gasteiger partial charge on any atom is -0.333 e. The molecule has 1 N–H and O–H groups in total. The summed E-state index contributed by atoms with van der Waals surface area (Å²) in [5, 5.41) is 2.03. The summed E-state index contributed by atoms with van der Waals surface area (Å²) >= 11 is 1.58.